The van der Waals surface area contributed by atoms with Crippen molar-refractivity contribution in [2.45, 2.75) is 19.3 Å². The van der Waals surface area contributed by atoms with Gasteiger partial charge in [-0.15, -0.1) is 0 Å². The van der Waals surface area contributed by atoms with Gasteiger partial charge in [-0.1, -0.05) is 6.07 Å². The van der Waals surface area contributed by atoms with Gasteiger partial charge >= 0.3 is 0 Å². The van der Waals surface area contributed by atoms with Crippen molar-refractivity contribution in [2.75, 3.05) is 12.5 Å². The Morgan fingerprint density at radius 2 is 2.25 bits per heavy atom. The fraction of sp³-hybridized carbons (Fsp3) is 0.333. The summed E-state index contributed by atoms with van der Waals surface area (Å²) in [6.45, 7) is 0. The second-order valence-corrected chi connectivity index (χ2v) is 3.68. The maximum Gasteiger partial charge on any atom is 0.178 e. The Bertz CT molecular complexity index is 427. The first-order valence-corrected chi connectivity index (χ1v) is 5.29. The zero-order valence-electron chi connectivity index (χ0n) is 9.19. The summed E-state index contributed by atoms with van der Waals surface area (Å²) in [6, 6.07) is 7.45. The number of benzene rings is 1. The van der Waals surface area contributed by atoms with Crippen LogP contribution in [0.1, 0.15) is 19.3 Å². The molecule has 0 bridgehead atoms. The maximum atomic E-state index is 11.3. The molecular formula is C12H14N2O2. The Morgan fingerprint density at radius 1 is 1.38 bits per heavy atom. The van der Waals surface area contributed by atoms with Gasteiger partial charge in [0.2, 0.25) is 0 Å². The van der Waals surface area contributed by atoms with Crippen LogP contribution in [-0.2, 0) is 4.79 Å². The van der Waals surface area contributed by atoms with E-state index in [9.17, 15) is 4.79 Å². The van der Waals surface area contributed by atoms with Gasteiger partial charge in [-0.2, -0.15) is 5.10 Å². The van der Waals surface area contributed by atoms with Gasteiger partial charge in [0.25, 0.3) is 0 Å². The molecule has 1 aliphatic carbocycles. The van der Waals surface area contributed by atoms with E-state index in [-0.39, 0.29) is 5.78 Å². The number of rotatable bonds is 3. The molecule has 1 aromatic carbocycles. The van der Waals surface area contributed by atoms with Crippen LogP contribution in [0.2, 0.25) is 0 Å². The highest BCUT2D eigenvalue weighted by molar-refractivity contribution is 6.41. The molecule has 1 saturated carbocycles. The van der Waals surface area contributed by atoms with Crippen LogP contribution < -0.4 is 10.2 Å². The molecule has 0 saturated heterocycles. The van der Waals surface area contributed by atoms with Crippen molar-refractivity contribution >= 4 is 17.2 Å². The van der Waals surface area contributed by atoms with E-state index in [1.807, 2.05) is 24.3 Å². The molecule has 2 rings (SSSR count). The van der Waals surface area contributed by atoms with Crippen molar-refractivity contribution in [3.05, 3.63) is 24.3 Å². The third-order valence-corrected chi connectivity index (χ3v) is 2.53. The second-order valence-electron chi connectivity index (χ2n) is 3.68. The predicted molar refractivity (Wildman–Crippen MR) is 62.9 cm³/mol. The molecule has 4 heteroatoms. The molecule has 0 radical (unpaired) electrons. The van der Waals surface area contributed by atoms with E-state index in [0.717, 1.165) is 24.3 Å². The Balaban J connectivity index is 2.06. The van der Waals surface area contributed by atoms with Crippen LogP contribution in [0.15, 0.2) is 29.4 Å². The summed E-state index contributed by atoms with van der Waals surface area (Å²) in [5, 5.41) is 4.11. The largest absolute Gasteiger partial charge is 0.497 e. The second kappa shape index (κ2) is 4.79. The normalized spacial score (nSPS) is 17.8. The van der Waals surface area contributed by atoms with Crippen LogP contribution >= 0.6 is 0 Å². The summed E-state index contributed by atoms with van der Waals surface area (Å²) in [4.78, 5) is 11.3. The van der Waals surface area contributed by atoms with Crippen molar-refractivity contribution in [3.8, 4) is 5.75 Å². The summed E-state index contributed by atoms with van der Waals surface area (Å²) >= 11 is 0. The number of hydrogen-bond donors (Lipinski definition) is 1. The van der Waals surface area contributed by atoms with E-state index in [0.29, 0.717) is 12.1 Å². The van der Waals surface area contributed by atoms with Gasteiger partial charge in [-0.25, -0.2) is 0 Å². The first-order chi connectivity index (χ1) is 7.79. The molecule has 16 heavy (non-hydrogen) atoms. The summed E-state index contributed by atoms with van der Waals surface area (Å²) in [5.74, 6) is 0.915. The lowest BCUT2D eigenvalue weighted by Crippen LogP contribution is -2.07. The average Bonchev–Trinajstić information content (AvgIpc) is 2.72. The first kappa shape index (κ1) is 10.7. The summed E-state index contributed by atoms with van der Waals surface area (Å²) in [5.41, 5.74) is 4.35. The van der Waals surface area contributed by atoms with Gasteiger partial charge in [0.1, 0.15) is 11.5 Å². The Kier molecular flexibility index (Phi) is 3.19. The maximum absolute atomic E-state index is 11.3. The smallest absolute Gasteiger partial charge is 0.178 e. The highest BCUT2D eigenvalue weighted by Crippen LogP contribution is 2.17. The van der Waals surface area contributed by atoms with E-state index >= 15 is 0 Å². The monoisotopic (exact) mass is 218 g/mol. The lowest BCUT2D eigenvalue weighted by molar-refractivity contribution is -0.112. The van der Waals surface area contributed by atoms with Crippen LogP contribution in [0.25, 0.3) is 0 Å². The number of carbonyl (C=O) groups excluding carboxylic acids is 1. The SMILES string of the molecule is COc1cccc(N/N=C2/CCCC2=O)c1. The number of anilines is 1. The number of Topliss-reactive ketones (excluding diaryl/α,β-unsaturated/α-hetero) is 1. The number of ether oxygens (including phenoxy) is 1. The van der Waals surface area contributed by atoms with Gasteiger partial charge in [0.05, 0.1) is 12.8 Å². The molecule has 1 aromatic rings. The highest BCUT2D eigenvalue weighted by atomic mass is 16.5. The van der Waals surface area contributed by atoms with Crippen molar-refractivity contribution < 1.29 is 9.53 Å². The summed E-state index contributed by atoms with van der Waals surface area (Å²) in [7, 11) is 1.62. The van der Waals surface area contributed by atoms with E-state index < -0.39 is 0 Å². The topological polar surface area (TPSA) is 50.7 Å². The molecule has 0 spiro atoms. The lowest BCUT2D eigenvalue weighted by atomic mass is 10.3. The zero-order chi connectivity index (χ0) is 11.4. The summed E-state index contributed by atoms with van der Waals surface area (Å²) < 4.78 is 5.09. The number of hydrogen-bond acceptors (Lipinski definition) is 4. The molecule has 0 aliphatic heterocycles. The van der Waals surface area contributed by atoms with Gasteiger partial charge in [-0.05, 0) is 25.0 Å². The minimum absolute atomic E-state index is 0.149. The Hall–Kier alpha value is -1.84. The van der Waals surface area contributed by atoms with Gasteiger partial charge in [0.15, 0.2) is 5.78 Å². The molecular weight excluding hydrogens is 204 g/mol. The fourth-order valence-electron chi connectivity index (χ4n) is 1.64. The number of carbonyl (C=O) groups is 1. The standard InChI is InChI=1S/C12H14N2O2/c1-16-10-5-2-4-9(8-10)13-14-11-6-3-7-12(11)15/h2,4-5,8,13H,3,6-7H2,1H3/b14-11-. The first-order valence-electron chi connectivity index (χ1n) is 5.29. The quantitative estimate of drug-likeness (QED) is 0.791. The fourth-order valence-corrected chi connectivity index (χ4v) is 1.64. The molecule has 0 atom stereocenters. The van der Waals surface area contributed by atoms with Crippen LogP contribution in [0.3, 0.4) is 0 Å². The number of nitrogens with zero attached hydrogens (tertiary/aromatic N) is 1. The Morgan fingerprint density at radius 3 is 2.94 bits per heavy atom. The molecule has 0 heterocycles. The number of ketones is 1. The van der Waals surface area contributed by atoms with Crippen molar-refractivity contribution in [1.82, 2.24) is 0 Å². The average molecular weight is 218 g/mol. The minimum Gasteiger partial charge on any atom is -0.497 e. The summed E-state index contributed by atoms with van der Waals surface area (Å²) in [6.07, 6.45) is 2.31. The molecule has 84 valence electrons. The van der Waals surface area contributed by atoms with Crippen LogP contribution in [-0.4, -0.2) is 18.6 Å². The van der Waals surface area contributed by atoms with Crippen molar-refractivity contribution in [2.24, 2.45) is 5.10 Å². The van der Waals surface area contributed by atoms with E-state index in [2.05, 4.69) is 10.5 Å². The van der Waals surface area contributed by atoms with Gasteiger partial charge in [-0.3, -0.25) is 10.2 Å². The number of nitrogens with one attached hydrogen (secondary N) is 1. The van der Waals surface area contributed by atoms with Crippen molar-refractivity contribution in [1.29, 1.82) is 0 Å². The number of hydrazone groups is 1. The lowest BCUT2D eigenvalue weighted by Gasteiger charge is -2.03. The molecule has 1 N–H and O–H groups in total. The minimum atomic E-state index is 0.149. The third-order valence-electron chi connectivity index (χ3n) is 2.53. The molecule has 1 fully saturated rings. The molecule has 1 aliphatic rings. The molecule has 0 aromatic heterocycles. The van der Waals surface area contributed by atoms with E-state index in [4.69, 9.17) is 4.74 Å². The Labute approximate surface area is 94.3 Å². The number of methoxy groups -OCH3 is 1. The van der Waals surface area contributed by atoms with E-state index in [1.54, 1.807) is 7.11 Å². The molecule has 0 amide bonds. The third kappa shape index (κ3) is 2.39. The van der Waals surface area contributed by atoms with Crippen LogP contribution in [0.5, 0.6) is 5.75 Å². The van der Waals surface area contributed by atoms with Gasteiger partial charge < -0.3 is 4.74 Å². The molecule has 4 nitrogen and oxygen atoms in total. The highest BCUT2D eigenvalue weighted by Gasteiger charge is 2.18. The predicted octanol–water partition coefficient (Wildman–Crippen LogP) is 2.22. The van der Waals surface area contributed by atoms with Gasteiger partial charge in [0, 0.05) is 12.5 Å². The molecule has 0 unspecified atom stereocenters. The van der Waals surface area contributed by atoms with E-state index in [1.165, 1.54) is 0 Å². The van der Waals surface area contributed by atoms with Crippen LogP contribution in [0.4, 0.5) is 5.69 Å². The van der Waals surface area contributed by atoms with Crippen LogP contribution in [0, 0.1) is 0 Å². The zero-order valence-corrected chi connectivity index (χ0v) is 9.19. The van der Waals surface area contributed by atoms with Crippen molar-refractivity contribution in [3.63, 3.8) is 0 Å².